The van der Waals surface area contributed by atoms with Crippen molar-refractivity contribution in [2.45, 2.75) is 38.3 Å². The molecule has 0 aliphatic rings. The normalized spacial score (nSPS) is 14.6. The molecule has 0 radical (unpaired) electrons. The number of rotatable bonds is 8. The van der Waals surface area contributed by atoms with Gasteiger partial charge in [0.15, 0.2) is 0 Å². The summed E-state index contributed by atoms with van der Waals surface area (Å²) in [5.41, 5.74) is 7.32. The Labute approximate surface area is 121 Å². The van der Waals surface area contributed by atoms with Gasteiger partial charge in [-0.2, -0.15) is 0 Å². The minimum absolute atomic E-state index is 0.0593. The fourth-order valence-electron chi connectivity index (χ4n) is 2.41. The van der Waals surface area contributed by atoms with Crippen molar-refractivity contribution < 1.29 is 5.11 Å². The molecule has 1 rings (SSSR count). The van der Waals surface area contributed by atoms with Crippen LogP contribution in [0.2, 0.25) is 5.02 Å². The molecule has 1 aromatic carbocycles. The number of hydrogen-bond donors (Lipinski definition) is 2. The van der Waals surface area contributed by atoms with E-state index in [-0.39, 0.29) is 18.7 Å². The van der Waals surface area contributed by atoms with Crippen molar-refractivity contribution in [3.63, 3.8) is 0 Å². The Balaban J connectivity index is 2.63. The summed E-state index contributed by atoms with van der Waals surface area (Å²) in [5, 5.41) is 9.53. The molecule has 0 spiro atoms. The van der Waals surface area contributed by atoms with Gasteiger partial charge in [0.25, 0.3) is 0 Å². The third kappa shape index (κ3) is 5.49. The minimum Gasteiger partial charge on any atom is -0.396 e. The van der Waals surface area contributed by atoms with Gasteiger partial charge in [-0.05, 0) is 57.5 Å². The van der Waals surface area contributed by atoms with Crippen molar-refractivity contribution in [2.24, 2.45) is 5.73 Å². The number of nitrogens with zero attached hydrogens (tertiary/aromatic N) is 1. The third-order valence-corrected chi connectivity index (χ3v) is 3.61. The maximum absolute atomic E-state index is 8.79. The standard InChI is InChI=1S/C15H25ClN2O/c1-12(17)15(13-6-8-14(16)9-7-13)18(2)10-4-3-5-11-19/h6-9,12,15,19H,3-5,10-11,17H2,1-2H3. The molecule has 3 nitrogen and oxygen atoms in total. The van der Waals surface area contributed by atoms with Crippen LogP contribution in [0.1, 0.15) is 37.8 Å². The smallest absolute Gasteiger partial charge is 0.0493 e. The molecule has 0 aromatic heterocycles. The zero-order valence-corrected chi connectivity index (χ0v) is 12.6. The Morgan fingerprint density at radius 2 is 1.84 bits per heavy atom. The first kappa shape index (κ1) is 16.4. The summed E-state index contributed by atoms with van der Waals surface area (Å²) in [5.74, 6) is 0. The van der Waals surface area contributed by atoms with Crippen LogP contribution in [-0.4, -0.2) is 36.2 Å². The Kier molecular flexibility index (Phi) is 7.39. The second-order valence-corrected chi connectivity index (χ2v) is 5.56. The highest BCUT2D eigenvalue weighted by Gasteiger charge is 2.20. The van der Waals surface area contributed by atoms with Crippen molar-refractivity contribution in [1.82, 2.24) is 4.90 Å². The molecule has 2 atom stereocenters. The number of benzene rings is 1. The molecule has 0 bridgehead atoms. The number of aliphatic hydroxyl groups excluding tert-OH is 1. The molecule has 2 unspecified atom stereocenters. The van der Waals surface area contributed by atoms with E-state index in [0.29, 0.717) is 0 Å². The number of nitrogens with two attached hydrogens (primary N) is 1. The van der Waals surface area contributed by atoms with E-state index in [1.807, 2.05) is 31.2 Å². The minimum atomic E-state index is 0.0593. The molecule has 0 saturated heterocycles. The summed E-state index contributed by atoms with van der Waals surface area (Å²) in [6.07, 6.45) is 3.00. The molecule has 0 amide bonds. The fraction of sp³-hybridized carbons (Fsp3) is 0.600. The predicted octanol–water partition coefficient (Wildman–Crippen LogP) is 2.82. The number of halogens is 1. The first-order valence-corrected chi connectivity index (χ1v) is 7.26. The Bertz CT molecular complexity index is 354. The molecule has 4 heteroatoms. The quantitative estimate of drug-likeness (QED) is 0.722. The molecule has 0 aliphatic carbocycles. The molecule has 3 N–H and O–H groups in total. The first-order valence-electron chi connectivity index (χ1n) is 6.88. The maximum Gasteiger partial charge on any atom is 0.0493 e. The highest BCUT2D eigenvalue weighted by Crippen LogP contribution is 2.24. The predicted molar refractivity (Wildman–Crippen MR) is 81.4 cm³/mol. The third-order valence-electron chi connectivity index (χ3n) is 3.35. The summed E-state index contributed by atoms with van der Waals surface area (Å²) in [4.78, 5) is 2.28. The molecular weight excluding hydrogens is 260 g/mol. The van der Waals surface area contributed by atoms with Crippen molar-refractivity contribution in [3.05, 3.63) is 34.9 Å². The Morgan fingerprint density at radius 3 is 2.37 bits per heavy atom. The van der Waals surface area contributed by atoms with Crippen LogP contribution in [0.4, 0.5) is 0 Å². The lowest BCUT2D eigenvalue weighted by molar-refractivity contribution is 0.210. The average molecular weight is 285 g/mol. The van der Waals surface area contributed by atoms with Crippen LogP contribution in [0.15, 0.2) is 24.3 Å². The highest BCUT2D eigenvalue weighted by atomic mass is 35.5. The van der Waals surface area contributed by atoms with Crippen LogP contribution >= 0.6 is 11.6 Å². The average Bonchev–Trinajstić information content (AvgIpc) is 2.37. The SMILES string of the molecule is CC(N)C(c1ccc(Cl)cc1)N(C)CCCCCO. The van der Waals surface area contributed by atoms with Gasteiger partial charge < -0.3 is 10.8 Å². The van der Waals surface area contributed by atoms with Gasteiger partial charge in [0.05, 0.1) is 0 Å². The lowest BCUT2D eigenvalue weighted by atomic mass is 9.99. The number of unbranched alkanes of at least 4 members (excludes halogenated alkanes) is 2. The second kappa shape index (κ2) is 8.54. The van der Waals surface area contributed by atoms with Crippen molar-refractivity contribution in [1.29, 1.82) is 0 Å². The van der Waals surface area contributed by atoms with Gasteiger partial charge in [-0.25, -0.2) is 0 Å². The summed E-state index contributed by atoms with van der Waals surface area (Å²) in [7, 11) is 2.10. The summed E-state index contributed by atoms with van der Waals surface area (Å²) < 4.78 is 0. The van der Waals surface area contributed by atoms with Gasteiger partial charge in [0.2, 0.25) is 0 Å². The summed E-state index contributed by atoms with van der Waals surface area (Å²) in [6, 6.07) is 8.16. The van der Waals surface area contributed by atoms with E-state index in [0.717, 1.165) is 30.8 Å². The lowest BCUT2D eigenvalue weighted by Gasteiger charge is -2.31. The zero-order valence-electron chi connectivity index (χ0n) is 11.8. The summed E-state index contributed by atoms with van der Waals surface area (Å²) in [6.45, 7) is 3.29. The van der Waals surface area contributed by atoms with Gasteiger partial charge in [-0.3, -0.25) is 4.90 Å². The van der Waals surface area contributed by atoms with Crippen LogP contribution in [0.25, 0.3) is 0 Å². The van der Waals surface area contributed by atoms with Crippen molar-refractivity contribution >= 4 is 11.6 Å². The van der Waals surface area contributed by atoms with Crippen LogP contribution in [0.5, 0.6) is 0 Å². The van der Waals surface area contributed by atoms with E-state index in [1.165, 1.54) is 5.56 Å². The molecule has 1 aromatic rings. The molecular formula is C15H25ClN2O. The molecule has 0 fully saturated rings. The maximum atomic E-state index is 8.79. The van der Waals surface area contributed by atoms with E-state index >= 15 is 0 Å². The molecule has 0 heterocycles. The van der Waals surface area contributed by atoms with Crippen LogP contribution < -0.4 is 5.73 Å². The monoisotopic (exact) mass is 284 g/mol. The van der Waals surface area contributed by atoms with E-state index in [2.05, 4.69) is 11.9 Å². The number of aliphatic hydroxyl groups is 1. The van der Waals surface area contributed by atoms with Gasteiger partial charge >= 0.3 is 0 Å². The number of hydrogen-bond acceptors (Lipinski definition) is 3. The van der Waals surface area contributed by atoms with E-state index in [9.17, 15) is 0 Å². The second-order valence-electron chi connectivity index (χ2n) is 5.12. The van der Waals surface area contributed by atoms with Gasteiger partial charge in [-0.1, -0.05) is 23.7 Å². The van der Waals surface area contributed by atoms with Crippen LogP contribution in [-0.2, 0) is 0 Å². The molecule has 0 aliphatic heterocycles. The van der Waals surface area contributed by atoms with Gasteiger partial charge in [0.1, 0.15) is 0 Å². The van der Waals surface area contributed by atoms with Gasteiger partial charge in [0, 0.05) is 23.7 Å². The van der Waals surface area contributed by atoms with Crippen molar-refractivity contribution in [2.75, 3.05) is 20.2 Å². The Morgan fingerprint density at radius 1 is 1.21 bits per heavy atom. The van der Waals surface area contributed by atoms with E-state index in [1.54, 1.807) is 0 Å². The fourth-order valence-corrected chi connectivity index (χ4v) is 2.53. The Hall–Kier alpha value is -0.610. The zero-order chi connectivity index (χ0) is 14.3. The number of likely N-dealkylation sites (N-methyl/N-ethyl adjacent to an activating group) is 1. The molecule has 19 heavy (non-hydrogen) atoms. The van der Waals surface area contributed by atoms with Crippen molar-refractivity contribution in [3.8, 4) is 0 Å². The van der Waals surface area contributed by atoms with E-state index in [4.69, 9.17) is 22.4 Å². The molecule has 108 valence electrons. The first-order chi connectivity index (χ1) is 9.06. The largest absolute Gasteiger partial charge is 0.396 e. The lowest BCUT2D eigenvalue weighted by Crippen LogP contribution is -2.37. The topological polar surface area (TPSA) is 49.5 Å². The molecule has 0 saturated carbocycles. The highest BCUT2D eigenvalue weighted by molar-refractivity contribution is 6.30. The summed E-state index contributed by atoms with van der Waals surface area (Å²) >= 11 is 5.93. The van der Waals surface area contributed by atoms with E-state index < -0.39 is 0 Å². The van der Waals surface area contributed by atoms with Gasteiger partial charge in [-0.15, -0.1) is 0 Å². The van der Waals surface area contributed by atoms with Crippen LogP contribution in [0, 0.1) is 0 Å². The van der Waals surface area contributed by atoms with Crippen LogP contribution in [0.3, 0.4) is 0 Å².